The molecule has 1 unspecified atom stereocenters. The number of methoxy groups -OCH3 is 1. The molecule has 0 spiro atoms. The van der Waals surface area contributed by atoms with Gasteiger partial charge in [-0.25, -0.2) is 0 Å². The van der Waals surface area contributed by atoms with Crippen molar-refractivity contribution in [2.75, 3.05) is 26.7 Å². The van der Waals surface area contributed by atoms with Gasteiger partial charge < -0.3 is 15.0 Å². The van der Waals surface area contributed by atoms with Gasteiger partial charge in [-0.1, -0.05) is 0 Å². The first-order valence-corrected chi connectivity index (χ1v) is 5.65. The Balaban J connectivity index is 3.81. The van der Waals surface area contributed by atoms with Gasteiger partial charge in [0.1, 0.15) is 6.10 Å². The molecule has 5 nitrogen and oxygen atoms in total. The van der Waals surface area contributed by atoms with Crippen molar-refractivity contribution in [3.05, 3.63) is 0 Å². The molecule has 1 atom stereocenters. The Hall–Kier alpha value is -1.10. The topological polar surface area (TPSA) is 58.6 Å². The zero-order valence-corrected chi connectivity index (χ0v) is 10.6. The van der Waals surface area contributed by atoms with Gasteiger partial charge in [-0.2, -0.15) is 0 Å². The van der Waals surface area contributed by atoms with Crippen molar-refractivity contribution < 1.29 is 14.3 Å². The fourth-order valence-corrected chi connectivity index (χ4v) is 1.28. The van der Waals surface area contributed by atoms with Crippen molar-refractivity contribution in [1.29, 1.82) is 0 Å². The molecule has 5 heteroatoms. The lowest BCUT2D eigenvalue weighted by molar-refractivity contribution is -0.132. The Morgan fingerprint density at radius 1 is 1.31 bits per heavy atom. The summed E-state index contributed by atoms with van der Waals surface area (Å²) in [6, 6.07) is 0. The summed E-state index contributed by atoms with van der Waals surface area (Å²) in [5.74, 6) is -0.120. The number of hydrogen-bond acceptors (Lipinski definition) is 3. The summed E-state index contributed by atoms with van der Waals surface area (Å²) >= 11 is 0. The Kier molecular flexibility index (Phi) is 7.54. The van der Waals surface area contributed by atoms with Gasteiger partial charge in [0.15, 0.2) is 0 Å². The molecular formula is C11H22N2O3. The van der Waals surface area contributed by atoms with Crippen LogP contribution < -0.4 is 5.32 Å². The zero-order valence-electron chi connectivity index (χ0n) is 10.6. The minimum atomic E-state index is -0.469. The summed E-state index contributed by atoms with van der Waals surface area (Å²) in [7, 11) is 1.48. The standard InChI is InChI=1S/C11H22N2O3/c1-5-13(6-2)10(14)7-8-12-11(15)9(3)16-4/h9H,5-8H2,1-4H3,(H,12,15). The molecule has 0 saturated heterocycles. The molecule has 0 heterocycles. The molecule has 0 aliphatic carbocycles. The van der Waals surface area contributed by atoms with Crippen LogP contribution in [0.4, 0.5) is 0 Å². The number of ether oxygens (including phenoxy) is 1. The molecular weight excluding hydrogens is 208 g/mol. The molecule has 0 saturated carbocycles. The fraction of sp³-hybridized carbons (Fsp3) is 0.818. The van der Waals surface area contributed by atoms with E-state index in [1.807, 2.05) is 13.8 Å². The number of hydrogen-bond donors (Lipinski definition) is 1. The van der Waals surface area contributed by atoms with Gasteiger partial charge in [0, 0.05) is 33.2 Å². The fourth-order valence-electron chi connectivity index (χ4n) is 1.28. The van der Waals surface area contributed by atoms with Gasteiger partial charge in [-0.15, -0.1) is 0 Å². The van der Waals surface area contributed by atoms with Crippen LogP contribution in [-0.4, -0.2) is 49.6 Å². The van der Waals surface area contributed by atoms with Crippen molar-refractivity contribution in [3.8, 4) is 0 Å². The summed E-state index contributed by atoms with van der Waals surface area (Å²) in [5, 5.41) is 2.66. The predicted octanol–water partition coefficient (Wildman–Crippen LogP) is 0.396. The molecule has 0 aromatic heterocycles. The van der Waals surface area contributed by atoms with Crippen LogP contribution in [0.15, 0.2) is 0 Å². The second-order valence-electron chi connectivity index (χ2n) is 3.48. The number of carbonyl (C=O) groups is 2. The third-order valence-corrected chi connectivity index (χ3v) is 2.48. The molecule has 0 aromatic rings. The highest BCUT2D eigenvalue weighted by atomic mass is 16.5. The lowest BCUT2D eigenvalue weighted by atomic mass is 10.3. The summed E-state index contributed by atoms with van der Waals surface area (Å²) in [6.07, 6.45) is -0.132. The van der Waals surface area contributed by atoms with Crippen LogP contribution in [0.1, 0.15) is 27.2 Å². The van der Waals surface area contributed by atoms with Crippen molar-refractivity contribution in [2.24, 2.45) is 0 Å². The number of nitrogens with zero attached hydrogens (tertiary/aromatic N) is 1. The molecule has 0 bridgehead atoms. The summed E-state index contributed by atoms with van der Waals surface area (Å²) in [5.41, 5.74) is 0. The van der Waals surface area contributed by atoms with E-state index in [0.717, 1.165) is 0 Å². The lowest BCUT2D eigenvalue weighted by Gasteiger charge is -2.18. The Morgan fingerprint density at radius 2 is 1.88 bits per heavy atom. The van der Waals surface area contributed by atoms with Gasteiger partial charge in [-0.3, -0.25) is 9.59 Å². The van der Waals surface area contributed by atoms with Gasteiger partial charge in [0.25, 0.3) is 0 Å². The maximum atomic E-state index is 11.6. The van der Waals surface area contributed by atoms with Crippen LogP contribution in [0.5, 0.6) is 0 Å². The van der Waals surface area contributed by atoms with E-state index in [9.17, 15) is 9.59 Å². The highest BCUT2D eigenvalue weighted by Crippen LogP contribution is 1.93. The van der Waals surface area contributed by atoms with E-state index in [-0.39, 0.29) is 11.8 Å². The number of amides is 2. The first kappa shape index (κ1) is 14.9. The summed E-state index contributed by atoms with van der Waals surface area (Å²) in [4.78, 5) is 24.6. The molecule has 94 valence electrons. The second-order valence-corrected chi connectivity index (χ2v) is 3.48. The Bertz CT molecular complexity index is 227. The number of carbonyl (C=O) groups excluding carboxylic acids is 2. The van der Waals surface area contributed by atoms with E-state index in [2.05, 4.69) is 5.32 Å². The highest BCUT2D eigenvalue weighted by molar-refractivity contribution is 5.81. The first-order chi connectivity index (χ1) is 7.56. The largest absolute Gasteiger partial charge is 0.372 e. The van der Waals surface area contributed by atoms with Crippen LogP contribution in [-0.2, 0) is 14.3 Å². The summed E-state index contributed by atoms with van der Waals surface area (Å²) < 4.78 is 4.85. The third kappa shape index (κ3) is 5.11. The first-order valence-electron chi connectivity index (χ1n) is 5.65. The van der Waals surface area contributed by atoms with Gasteiger partial charge in [0.05, 0.1) is 0 Å². The minimum absolute atomic E-state index is 0.0652. The highest BCUT2D eigenvalue weighted by Gasteiger charge is 2.13. The van der Waals surface area contributed by atoms with Crippen LogP contribution >= 0.6 is 0 Å². The molecule has 0 radical (unpaired) electrons. The van der Waals surface area contributed by atoms with E-state index in [4.69, 9.17) is 4.74 Å². The van der Waals surface area contributed by atoms with Crippen molar-refractivity contribution in [3.63, 3.8) is 0 Å². The SMILES string of the molecule is CCN(CC)C(=O)CCNC(=O)C(C)OC. The average Bonchev–Trinajstić information content (AvgIpc) is 2.29. The summed E-state index contributed by atoms with van der Waals surface area (Å²) in [6.45, 7) is 7.32. The average molecular weight is 230 g/mol. The van der Waals surface area contributed by atoms with Crippen molar-refractivity contribution in [2.45, 2.75) is 33.3 Å². The maximum Gasteiger partial charge on any atom is 0.248 e. The van der Waals surface area contributed by atoms with E-state index >= 15 is 0 Å². The normalized spacial score (nSPS) is 12.0. The number of nitrogens with one attached hydrogen (secondary N) is 1. The Labute approximate surface area is 97.1 Å². The van der Waals surface area contributed by atoms with E-state index in [1.165, 1.54) is 7.11 Å². The van der Waals surface area contributed by atoms with Crippen LogP contribution in [0.2, 0.25) is 0 Å². The van der Waals surface area contributed by atoms with Crippen molar-refractivity contribution >= 4 is 11.8 Å². The molecule has 0 aliphatic heterocycles. The smallest absolute Gasteiger partial charge is 0.248 e. The van der Waals surface area contributed by atoms with E-state index in [0.29, 0.717) is 26.1 Å². The van der Waals surface area contributed by atoms with E-state index < -0.39 is 6.10 Å². The minimum Gasteiger partial charge on any atom is -0.372 e. The van der Waals surface area contributed by atoms with Gasteiger partial charge >= 0.3 is 0 Å². The third-order valence-electron chi connectivity index (χ3n) is 2.48. The molecule has 0 rings (SSSR count). The van der Waals surface area contributed by atoms with E-state index in [1.54, 1.807) is 11.8 Å². The molecule has 0 fully saturated rings. The van der Waals surface area contributed by atoms with Crippen LogP contribution in [0.3, 0.4) is 0 Å². The van der Waals surface area contributed by atoms with Crippen LogP contribution in [0, 0.1) is 0 Å². The second kappa shape index (κ2) is 8.10. The molecule has 0 aliphatic rings. The maximum absolute atomic E-state index is 11.6. The lowest BCUT2D eigenvalue weighted by Crippen LogP contribution is -2.37. The molecule has 1 N–H and O–H groups in total. The van der Waals surface area contributed by atoms with Crippen LogP contribution in [0.25, 0.3) is 0 Å². The Morgan fingerprint density at radius 3 is 2.31 bits per heavy atom. The van der Waals surface area contributed by atoms with Gasteiger partial charge in [-0.05, 0) is 20.8 Å². The van der Waals surface area contributed by atoms with Crippen molar-refractivity contribution in [1.82, 2.24) is 10.2 Å². The molecule has 2 amide bonds. The monoisotopic (exact) mass is 230 g/mol. The molecule has 16 heavy (non-hydrogen) atoms. The number of rotatable bonds is 7. The quantitative estimate of drug-likeness (QED) is 0.688. The molecule has 0 aromatic carbocycles. The van der Waals surface area contributed by atoms with Gasteiger partial charge in [0.2, 0.25) is 11.8 Å². The zero-order chi connectivity index (χ0) is 12.6. The predicted molar refractivity (Wildman–Crippen MR) is 62.0 cm³/mol.